The number of morpholine rings is 1. The van der Waals surface area contributed by atoms with Crippen molar-refractivity contribution in [3.63, 3.8) is 0 Å². The van der Waals surface area contributed by atoms with Crippen LogP contribution in [0, 0.1) is 0 Å². The molecule has 4 heteroatoms. The monoisotopic (exact) mass is 228 g/mol. The number of ether oxygens (including phenoxy) is 1. The Bertz CT molecular complexity index is 219. The first kappa shape index (κ1) is 13.5. The third-order valence-electron chi connectivity index (χ3n) is 2.84. The summed E-state index contributed by atoms with van der Waals surface area (Å²) in [6, 6.07) is 0.445. The van der Waals surface area contributed by atoms with E-state index in [0.717, 1.165) is 26.1 Å². The van der Waals surface area contributed by atoms with Gasteiger partial charge in [-0.2, -0.15) is 0 Å². The number of carbonyl (C=O) groups excluding carboxylic acids is 1. The summed E-state index contributed by atoms with van der Waals surface area (Å²) in [7, 11) is 0. The molecule has 1 aliphatic heterocycles. The second-order valence-corrected chi connectivity index (χ2v) is 4.60. The van der Waals surface area contributed by atoms with Crippen molar-refractivity contribution in [2.24, 2.45) is 0 Å². The van der Waals surface area contributed by atoms with E-state index in [0.29, 0.717) is 19.1 Å². The molecule has 16 heavy (non-hydrogen) atoms. The number of amides is 1. The topological polar surface area (TPSA) is 41.6 Å². The molecule has 1 fully saturated rings. The van der Waals surface area contributed by atoms with Gasteiger partial charge in [0.2, 0.25) is 5.91 Å². The molecule has 1 amide bonds. The Kier molecular flexibility index (Phi) is 5.77. The zero-order valence-corrected chi connectivity index (χ0v) is 10.7. The van der Waals surface area contributed by atoms with Crippen LogP contribution in [0.25, 0.3) is 0 Å². The molecule has 0 bridgehead atoms. The van der Waals surface area contributed by atoms with E-state index in [-0.39, 0.29) is 12.0 Å². The quantitative estimate of drug-likeness (QED) is 0.763. The normalized spacial score (nSPS) is 21.5. The molecule has 0 aromatic carbocycles. The molecule has 1 saturated heterocycles. The van der Waals surface area contributed by atoms with Gasteiger partial charge < -0.3 is 15.0 Å². The molecule has 94 valence electrons. The van der Waals surface area contributed by atoms with Crippen molar-refractivity contribution in [1.29, 1.82) is 0 Å². The number of hydrogen-bond donors (Lipinski definition) is 1. The summed E-state index contributed by atoms with van der Waals surface area (Å²) in [5, 5.41) is 3.26. The molecule has 1 rings (SSSR count). The third-order valence-corrected chi connectivity index (χ3v) is 2.84. The van der Waals surface area contributed by atoms with Crippen LogP contribution in [0.15, 0.2) is 0 Å². The van der Waals surface area contributed by atoms with E-state index in [1.807, 2.05) is 4.90 Å². The van der Waals surface area contributed by atoms with Gasteiger partial charge in [0.1, 0.15) is 0 Å². The Hall–Kier alpha value is -0.610. The lowest BCUT2D eigenvalue weighted by Crippen LogP contribution is -2.46. The summed E-state index contributed by atoms with van der Waals surface area (Å²) >= 11 is 0. The van der Waals surface area contributed by atoms with Gasteiger partial charge in [0.15, 0.2) is 0 Å². The predicted octanol–water partition coefficient (Wildman–Crippen LogP) is 1.01. The molecule has 0 radical (unpaired) electrons. The lowest BCUT2D eigenvalue weighted by Gasteiger charge is -2.32. The Morgan fingerprint density at radius 2 is 2.31 bits per heavy atom. The minimum atomic E-state index is 0.232. The minimum absolute atomic E-state index is 0.232. The van der Waals surface area contributed by atoms with Crippen LogP contribution in [0.1, 0.15) is 33.6 Å². The lowest BCUT2D eigenvalue weighted by atomic mass is 10.2. The summed E-state index contributed by atoms with van der Waals surface area (Å²) < 4.78 is 5.54. The highest BCUT2D eigenvalue weighted by Crippen LogP contribution is 2.09. The molecule has 1 aliphatic rings. The maximum atomic E-state index is 11.9. The lowest BCUT2D eigenvalue weighted by molar-refractivity contribution is -0.138. The van der Waals surface area contributed by atoms with Crippen LogP contribution in [0.5, 0.6) is 0 Å². The number of hydrogen-bond acceptors (Lipinski definition) is 3. The summed E-state index contributed by atoms with van der Waals surface area (Å²) in [6.07, 6.45) is 1.80. The van der Waals surface area contributed by atoms with Crippen LogP contribution in [-0.4, -0.2) is 49.2 Å². The SMILES string of the molecule is CCC1CN(C(=O)CCNC(C)C)CCO1. The van der Waals surface area contributed by atoms with Crippen LogP contribution in [0.4, 0.5) is 0 Å². The summed E-state index contributed by atoms with van der Waals surface area (Å²) in [5.74, 6) is 0.245. The number of nitrogens with zero attached hydrogens (tertiary/aromatic N) is 1. The molecule has 1 heterocycles. The van der Waals surface area contributed by atoms with Gasteiger partial charge in [-0.25, -0.2) is 0 Å². The molecule has 0 spiro atoms. The summed E-state index contributed by atoms with van der Waals surface area (Å²) in [5.41, 5.74) is 0. The zero-order chi connectivity index (χ0) is 12.0. The molecule has 1 atom stereocenters. The highest BCUT2D eigenvalue weighted by atomic mass is 16.5. The zero-order valence-electron chi connectivity index (χ0n) is 10.7. The van der Waals surface area contributed by atoms with Gasteiger partial charge in [-0.3, -0.25) is 4.79 Å². The Balaban J connectivity index is 2.24. The van der Waals surface area contributed by atoms with Crippen molar-refractivity contribution in [2.45, 2.75) is 45.8 Å². The Morgan fingerprint density at radius 3 is 2.94 bits per heavy atom. The van der Waals surface area contributed by atoms with Crippen LogP contribution in [0.3, 0.4) is 0 Å². The maximum Gasteiger partial charge on any atom is 0.224 e. The van der Waals surface area contributed by atoms with E-state index in [2.05, 4.69) is 26.1 Å². The highest BCUT2D eigenvalue weighted by molar-refractivity contribution is 5.76. The first-order valence-electron chi connectivity index (χ1n) is 6.26. The summed E-state index contributed by atoms with van der Waals surface area (Å²) in [4.78, 5) is 13.8. The van der Waals surface area contributed by atoms with Gasteiger partial charge in [-0.1, -0.05) is 20.8 Å². The van der Waals surface area contributed by atoms with E-state index in [4.69, 9.17) is 4.74 Å². The molecule has 0 aliphatic carbocycles. The number of nitrogens with one attached hydrogen (secondary N) is 1. The van der Waals surface area contributed by atoms with Crippen LogP contribution < -0.4 is 5.32 Å². The van der Waals surface area contributed by atoms with E-state index in [9.17, 15) is 4.79 Å². The van der Waals surface area contributed by atoms with Gasteiger partial charge in [0, 0.05) is 32.1 Å². The van der Waals surface area contributed by atoms with Gasteiger partial charge in [-0.05, 0) is 6.42 Å². The number of rotatable bonds is 5. The van der Waals surface area contributed by atoms with Crippen LogP contribution >= 0.6 is 0 Å². The van der Waals surface area contributed by atoms with Crippen molar-refractivity contribution in [3.8, 4) is 0 Å². The maximum absolute atomic E-state index is 11.9. The fraction of sp³-hybridized carbons (Fsp3) is 0.917. The molecular weight excluding hydrogens is 204 g/mol. The molecule has 0 aromatic heterocycles. The van der Waals surface area contributed by atoms with Crippen molar-refractivity contribution in [3.05, 3.63) is 0 Å². The molecule has 1 N–H and O–H groups in total. The fourth-order valence-electron chi connectivity index (χ4n) is 1.82. The standard InChI is InChI=1S/C12H24N2O2/c1-4-11-9-14(7-8-16-11)12(15)5-6-13-10(2)3/h10-11,13H,4-9H2,1-3H3. The van der Waals surface area contributed by atoms with Crippen molar-refractivity contribution in [2.75, 3.05) is 26.2 Å². The molecule has 0 saturated carbocycles. The largest absolute Gasteiger partial charge is 0.375 e. The van der Waals surface area contributed by atoms with Gasteiger partial charge in [0.05, 0.1) is 12.7 Å². The molecule has 0 aromatic rings. The van der Waals surface area contributed by atoms with E-state index in [1.54, 1.807) is 0 Å². The third kappa shape index (κ3) is 4.49. The van der Waals surface area contributed by atoms with Crippen molar-refractivity contribution in [1.82, 2.24) is 10.2 Å². The highest BCUT2D eigenvalue weighted by Gasteiger charge is 2.22. The summed E-state index contributed by atoms with van der Waals surface area (Å²) in [6.45, 7) is 9.23. The van der Waals surface area contributed by atoms with E-state index in [1.165, 1.54) is 0 Å². The molecule has 4 nitrogen and oxygen atoms in total. The average Bonchev–Trinajstić information content (AvgIpc) is 2.28. The molecule has 1 unspecified atom stereocenters. The predicted molar refractivity (Wildman–Crippen MR) is 64.4 cm³/mol. The number of carbonyl (C=O) groups is 1. The Morgan fingerprint density at radius 1 is 1.56 bits per heavy atom. The fourth-order valence-corrected chi connectivity index (χ4v) is 1.82. The smallest absolute Gasteiger partial charge is 0.224 e. The molecular formula is C12H24N2O2. The van der Waals surface area contributed by atoms with Crippen molar-refractivity contribution >= 4 is 5.91 Å². The second kappa shape index (κ2) is 6.86. The van der Waals surface area contributed by atoms with E-state index < -0.39 is 0 Å². The second-order valence-electron chi connectivity index (χ2n) is 4.60. The average molecular weight is 228 g/mol. The van der Waals surface area contributed by atoms with Gasteiger partial charge in [0.25, 0.3) is 0 Å². The Labute approximate surface area is 98.3 Å². The van der Waals surface area contributed by atoms with Crippen LogP contribution in [-0.2, 0) is 9.53 Å². The van der Waals surface area contributed by atoms with E-state index >= 15 is 0 Å². The first-order valence-corrected chi connectivity index (χ1v) is 6.26. The first-order chi connectivity index (χ1) is 7.63. The van der Waals surface area contributed by atoms with Crippen LogP contribution in [0.2, 0.25) is 0 Å². The van der Waals surface area contributed by atoms with Crippen molar-refractivity contribution < 1.29 is 9.53 Å². The minimum Gasteiger partial charge on any atom is -0.375 e. The van der Waals surface area contributed by atoms with Gasteiger partial charge >= 0.3 is 0 Å². The van der Waals surface area contributed by atoms with Gasteiger partial charge in [-0.15, -0.1) is 0 Å².